The fourth-order valence-corrected chi connectivity index (χ4v) is 3.21. The maximum absolute atomic E-state index is 5.82. The highest BCUT2D eigenvalue weighted by molar-refractivity contribution is 14.1. The van der Waals surface area contributed by atoms with E-state index in [1.54, 1.807) is 5.57 Å². The van der Waals surface area contributed by atoms with E-state index in [1.165, 1.54) is 38.5 Å². The molecule has 2 aliphatic rings. The molecule has 2 rings (SSSR count). The van der Waals surface area contributed by atoms with E-state index in [-0.39, 0.29) is 0 Å². The van der Waals surface area contributed by atoms with Gasteiger partial charge in [-0.1, -0.05) is 41.9 Å². The third-order valence-electron chi connectivity index (χ3n) is 3.27. The summed E-state index contributed by atoms with van der Waals surface area (Å²) in [5.41, 5.74) is 1.55. The topological polar surface area (TPSA) is 9.23 Å². The van der Waals surface area contributed by atoms with E-state index < -0.39 is 0 Å². The van der Waals surface area contributed by atoms with Crippen molar-refractivity contribution in [2.45, 2.75) is 44.6 Å². The van der Waals surface area contributed by atoms with Crippen LogP contribution in [0.1, 0.15) is 38.5 Å². The number of hydrogen-bond donors (Lipinski definition) is 0. The molecule has 1 saturated heterocycles. The Hall–Kier alpha value is 0.430. The van der Waals surface area contributed by atoms with Crippen LogP contribution < -0.4 is 0 Å². The Bertz CT molecular complexity index is 194. The molecule has 0 spiro atoms. The van der Waals surface area contributed by atoms with Crippen LogP contribution in [-0.4, -0.2) is 12.7 Å². The third-order valence-corrected chi connectivity index (χ3v) is 4.07. The molecule has 1 atom stereocenters. The van der Waals surface area contributed by atoms with Crippen molar-refractivity contribution in [2.75, 3.05) is 6.61 Å². The quantitative estimate of drug-likeness (QED) is 0.670. The molecule has 0 amide bonds. The van der Waals surface area contributed by atoms with Crippen molar-refractivity contribution in [3.8, 4) is 0 Å². The van der Waals surface area contributed by atoms with Crippen LogP contribution in [-0.2, 0) is 4.74 Å². The first kappa shape index (κ1) is 9.97. The van der Waals surface area contributed by atoms with Gasteiger partial charge in [-0.2, -0.15) is 0 Å². The van der Waals surface area contributed by atoms with E-state index in [4.69, 9.17) is 4.74 Å². The van der Waals surface area contributed by atoms with Crippen LogP contribution >= 0.6 is 22.6 Å². The monoisotopic (exact) mass is 292 g/mol. The van der Waals surface area contributed by atoms with Gasteiger partial charge in [0.1, 0.15) is 0 Å². The average Bonchev–Trinajstić information content (AvgIpc) is 2.67. The van der Waals surface area contributed by atoms with Gasteiger partial charge < -0.3 is 4.74 Å². The Balaban J connectivity index is 1.98. The molecule has 0 N–H and O–H groups in total. The average molecular weight is 292 g/mol. The lowest BCUT2D eigenvalue weighted by Crippen LogP contribution is -2.23. The molecule has 0 radical (unpaired) electrons. The standard InChI is InChI=1S/C11H17IO/c12-8-10-6-7-13-11(10)9-4-2-1-3-5-9/h8-9,11H,1-7H2/b10-8-. The summed E-state index contributed by atoms with van der Waals surface area (Å²) >= 11 is 2.36. The van der Waals surface area contributed by atoms with Gasteiger partial charge in [0, 0.05) is 0 Å². The van der Waals surface area contributed by atoms with Crippen molar-refractivity contribution in [2.24, 2.45) is 5.92 Å². The summed E-state index contributed by atoms with van der Waals surface area (Å²) in [5.74, 6) is 0.831. The molecule has 0 aromatic carbocycles. The van der Waals surface area contributed by atoms with Crippen LogP contribution in [0.2, 0.25) is 0 Å². The SMILES string of the molecule is I/C=C1/CCOC1C1CCCCC1. The highest BCUT2D eigenvalue weighted by atomic mass is 127. The molecule has 1 unspecified atom stereocenters. The maximum Gasteiger partial charge on any atom is 0.0821 e. The zero-order valence-electron chi connectivity index (χ0n) is 7.97. The van der Waals surface area contributed by atoms with E-state index in [9.17, 15) is 0 Å². The van der Waals surface area contributed by atoms with Gasteiger partial charge in [-0.3, -0.25) is 0 Å². The lowest BCUT2D eigenvalue weighted by atomic mass is 9.83. The number of ether oxygens (including phenoxy) is 1. The van der Waals surface area contributed by atoms with Crippen molar-refractivity contribution in [3.63, 3.8) is 0 Å². The second-order valence-electron chi connectivity index (χ2n) is 4.12. The van der Waals surface area contributed by atoms with Gasteiger partial charge >= 0.3 is 0 Å². The predicted octanol–water partition coefficient (Wildman–Crippen LogP) is 3.67. The van der Waals surface area contributed by atoms with Crippen molar-refractivity contribution in [1.29, 1.82) is 0 Å². The summed E-state index contributed by atoms with van der Waals surface area (Å²) in [7, 11) is 0. The van der Waals surface area contributed by atoms with Gasteiger partial charge in [-0.05, 0) is 34.8 Å². The maximum atomic E-state index is 5.82. The summed E-state index contributed by atoms with van der Waals surface area (Å²) in [6, 6.07) is 0. The van der Waals surface area contributed by atoms with E-state index in [1.807, 2.05) is 0 Å². The first-order valence-corrected chi connectivity index (χ1v) is 6.57. The Morgan fingerprint density at radius 3 is 2.69 bits per heavy atom. The van der Waals surface area contributed by atoms with Gasteiger partial charge in [0.2, 0.25) is 0 Å². The molecule has 2 heteroatoms. The normalized spacial score (nSPS) is 34.2. The lowest BCUT2D eigenvalue weighted by Gasteiger charge is -2.27. The Morgan fingerprint density at radius 2 is 2.00 bits per heavy atom. The summed E-state index contributed by atoms with van der Waals surface area (Å²) in [6.07, 6.45) is 8.70. The first-order valence-electron chi connectivity index (χ1n) is 5.32. The highest BCUT2D eigenvalue weighted by Crippen LogP contribution is 2.35. The number of hydrogen-bond acceptors (Lipinski definition) is 1. The smallest absolute Gasteiger partial charge is 0.0821 e. The lowest BCUT2D eigenvalue weighted by molar-refractivity contribution is 0.0630. The number of halogens is 1. The molecule has 0 aromatic rings. The van der Waals surface area contributed by atoms with E-state index in [0.29, 0.717) is 6.10 Å². The minimum atomic E-state index is 0.484. The molecule has 1 aliphatic heterocycles. The van der Waals surface area contributed by atoms with Crippen LogP contribution in [0, 0.1) is 5.92 Å². The third kappa shape index (κ3) is 2.27. The summed E-state index contributed by atoms with van der Waals surface area (Å²) in [4.78, 5) is 0. The molecule has 0 aromatic heterocycles. The molecule has 1 heterocycles. The molecule has 0 bridgehead atoms. The van der Waals surface area contributed by atoms with Gasteiger partial charge in [-0.15, -0.1) is 0 Å². The van der Waals surface area contributed by atoms with Crippen molar-refractivity contribution < 1.29 is 4.74 Å². The first-order chi connectivity index (χ1) is 6.42. The Morgan fingerprint density at radius 1 is 1.23 bits per heavy atom. The van der Waals surface area contributed by atoms with Gasteiger partial charge in [-0.25, -0.2) is 0 Å². The summed E-state index contributed by atoms with van der Waals surface area (Å²) < 4.78 is 8.06. The zero-order chi connectivity index (χ0) is 9.10. The molecular weight excluding hydrogens is 275 g/mol. The van der Waals surface area contributed by atoms with Crippen LogP contribution in [0.25, 0.3) is 0 Å². The summed E-state index contributed by atoms with van der Waals surface area (Å²) in [5, 5.41) is 0. The molecule has 2 fully saturated rings. The molecule has 1 saturated carbocycles. The Labute approximate surface area is 94.1 Å². The van der Waals surface area contributed by atoms with E-state index in [2.05, 4.69) is 26.7 Å². The number of rotatable bonds is 1. The van der Waals surface area contributed by atoms with Crippen LogP contribution in [0.3, 0.4) is 0 Å². The molecule has 74 valence electrons. The molecular formula is C11H17IO. The van der Waals surface area contributed by atoms with Gasteiger partial charge in [0.05, 0.1) is 12.7 Å². The van der Waals surface area contributed by atoms with Crippen LogP contribution in [0.15, 0.2) is 9.66 Å². The van der Waals surface area contributed by atoms with E-state index in [0.717, 1.165) is 12.5 Å². The zero-order valence-corrected chi connectivity index (χ0v) is 10.1. The fraction of sp³-hybridized carbons (Fsp3) is 0.818. The predicted molar refractivity (Wildman–Crippen MR) is 63.0 cm³/mol. The van der Waals surface area contributed by atoms with Crippen molar-refractivity contribution in [1.82, 2.24) is 0 Å². The summed E-state index contributed by atoms with van der Waals surface area (Å²) in [6.45, 7) is 0.954. The Kier molecular flexibility index (Phi) is 3.66. The van der Waals surface area contributed by atoms with Gasteiger partial charge in [0.15, 0.2) is 0 Å². The molecule has 1 aliphatic carbocycles. The highest BCUT2D eigenvalue weighted by Gasteiger charge is 2.30. The van der Waals surface area contributed by atoms with E-state index >= 15 is 0 Å². The van der Waals surface area contributed by atoms with Crippen LogP contribution in [0.5, 0.6) is 0 Å². The second kappa shape index (κ2) is 4.78. The molecule has 13 heavy (non-hydrogen) atoms. The minimum Gasteiger partial charge on any atom is -0.373 e. The molecule has 1 nitrogen and oxygen atoms in total. The second-order valence-corrected chi connectivity index (χ2v) is 4.75. The van der Waals surface area contributed by atoms with Crippen LogP contribution in [0.4, 0.5) is 0 Å². The van der Waals surface area contributed by atoms with Crippen molar-refractivity contribution >= 4 is 22.6 Å². The fourth-order valence-electron chi connectivity index (χ4n) is 2.55. The minimum absolute atomic E-state index is 0.484. The largest absolute Gasteiger partial charge is 0.373 e. The van der Waals surface area contributed by atoms with Crippen molar-refractivity contribution in [3.05, 3.63) is 9.66 Å². The van der Waals surface area contributed by atoms with Gasteiger partial charge in [0.25, 0.3) is 0 Å².